The molecule has 0 aliphatic rings. The van der Waals surface area contributed by atoms with E-state index in [-0.39, 0.29) is 18.8 Å². The Balaban J connectivity index is 2.84. The molecular weight excluding hydrogens is 242 g/mol. The Morgan fingerprint density at radius 2 is 2.24 bits per heavy atom. The van der Waals surface area contributed by atoms with Crippen LogP contribution in [0.1, 0.15) is 18.1 Å². The number of benzene rings is 1. The maximum Gasteiger partial charge on any atom is 0.323 e. The number of phenolic OH excluding ortho intramolecular Hbond substituents is 1. The molecule has 0 aromatic heterocycles. The molecule has 0 heterocycles. The predicted molar refractivity (Wildman–Crippen MR) is 66.2 cm³/mol. The molecule has 3 N–H and O–H groups in total. The van der Waals surface area contributed by atoms with Crippen molar-refractivity contribution in [2.75, 3.05) is 6.61 Å². The quantitative estimate of drug-likeness (QED) is 0.807. The van der Waals surface area contributed by atoms with E-state index in [1.54, 1.807) is 26.0 Å². The van der Waals surface area contributed by atoms with Crippen molar-refractivity contribution in [1.82, 2.24) is 0 Å². The Morgan fingerprint density at radius 3 is 2.82 bits per heavy atom. The summed E-state index contributed by atoms with van der Waals surface area (Å²) in [5, 5.41) is 10.3. The summed E-state index contributed by atoms with van der Waals surface area (Å²) in [6.07, 6.45) is 0.200. The summed E-state index contributed by atoms with van der Waals surface area (Å²) in [5.41, 5.74) is 6.88. The van der Waals surface area contributed by atoms with E-state index in [9.17, 15) is 9.90 Å². The van der Waals surface area contributed by atoms with E-state index in [0.29, 0.717) is 16.1 Å². The van der Waals surface area contributed by atoms with Gasteiger partial charge in [0, 0.05) is 11.4 Å². The highest BCUT2D eigenvalue weighted by Gasteiger charge is 2.18. The number of halogens is 1. The van der Waals surface area contributed by atoms with Crippen molar-refractivity contribution in [3.63, 3.8) is 0 Å². The minimum absolute atomic E-state index is 0.120. The van der Waals surface area contributed by atoms with Gasteiger partial charge >= 0.3 is 5.97 Å². The second-order valence-electron chi connectivity index (χ2n) is 3.79. The molecule has 1 rings (SSSR count). The number of carbonyl (C=O) groups is 1. The van der Waals surface area contributed by atoms with Gasteiger partial charge in [-0.2, -0.15) is 0 Å². The van der Waals surface area contributed by atoms with Gasteiger partial charge in [0.05, 0.1) is 6.61 Å². The summed E-state index contributed by atoms with van der Waals surface area (Å²) in [6.45, 7) is 3.74. The van der Waals surface area contributed by atoms with Crippen molar-refractivity contribution in [2.45, 2.75) is 26.3 Å². The molecule has 0 saturated heterocycles. The van der Waals surface area contributed by atoms with E-state index in [1.807, 2.05) is 0 Å². The number of hydrogen-bond donors (Lipinski definition) is 2. The number of aromatic hydroxyl groups is 1. The molecule has 1 atom stereocenters. The number of nitrogens with two attached hydrogens (primary N) is 1. The van der Waals surface area contributed by atoms with E-state index in [0.717, 1.165) is 0 Å². The average molecular weight is 258 g/mol. The molecule has 4 nitrogen and oxygen atoms in total. The number of carbonyl (C=O) groups excluding carboxylic acids is 1. The van der Waals surface area contributed by atoms with Crippen molar-refractivity contribution >= 4 is 17.6 Å². The van der Waals surface area contributed by atoms with Gasteiger partial charge in [-0.25, -0.2) is 0 Å². The van der Waals surface area contributed by atoms with Crippen LogP contribution in [0.3, 0.4) is 0 Å². The Labute approximate surface area is 105 Å². The first-order chi connectivity index (χ1) is 7.95. The fourth-order valence-electron chi connectivity index (χ4n) is 1.53. The predicted octanol–water partition coefficient (Wildman–Crippen LogP) is 1.79. The first kappa shape index (κ1) is 13.8. The maximum absolute atomic E-state index is 11.4. The fourth-order valence-corrected chi connectivity index (χ4v) is 1.83. The lowest BCUT2D eigenvalue weighted by Gasteiger charge is -2.13. The van der Waals surface area contributed by atoms with Crippen LogP contribution in [0.25, 0.3) is 0 Å². The standard InChI is InChI=1S/C12H16ClNO3/c1-3-17-12(16)10(14)6-8-5-9(13)4-7(2)11(8)15/h4-5,10,15H,3,6,14H2,1-2H3. The molecule has 1 aromatic carbocycles. The highest BCUT2D eigenvalue weighted by Crippen LogP contribution is 2.27. The molecule has 0 radical (unpaired) electrons. The zero-order valence-corrected chi connectivity index (χ0v) is 10.6. The van der Waals surface area contributed by atoms with Gasteiger partial charge in [0.1, 0.15) is 11.8 Å². The Morgan fingerprint density at radius 1 is 1.59 bits per heavy atom. The van der Waals surface area contributed by atoms with Crippen LogP contribution in [-0.4, -0.2) is 23.7 Å². The first-order valence-corrected chi connectivity index (χ1v) is 5.73. The molecule has 0 saturated carbocycles. The zero-order valence-electron chi connectivity index (χ0n) is 9.87. The van der Waals surface area contributed by atoms with Gasteiger partial charge < -0.3 is 15.6 Å². The van der Waals surface area contributed by atoms with Gasteiger partial charge in [-0.15, -0.1) is 0 Å². The topological polar surface area (TPSA) is 72.5 Å². The molecular formula is C12H16ClNO3. The van der Waals surface area contributed by atoms with Crippen molar-refractivity contribution in [3.05, 3.63) is 28.3 Å². The van der Waals surface area contributed by atoms with Crippen molar-refractivity contribution in [2.24, 2.45) is 5.73 Å². The number of rotatable bonds is 4. The summed E-state index contributed by atoms with van der Waals surface area (Å²) in [5.74, 6) is -0.362. The monoisotopic (exact) mass is 257 g/mol. The molecule has 1 aromatic rings. The summed E-state index contributed by atoms with van der Waals surface area (Å²) < 4.78 is 4.80. The van der Waals surface area contributed by atoms with Crippen LogP contribution >= 0.6 is 11.6 Å². The molecule has 0 aliphatic heterocycles. The summed E-state index contributed by atoms with van der Waals surface area (Å²) in [6, 6.07) is 2.46. The van der Waals surface area contributed by atoms with Crippen LogP contribution in [0.15, 0.2) is 12.1 Å². The maximum atomic E-state index is 11.4. The normalized spacial score (nSPS) is 12.2. The second-order valence-corrected chi connectivity index (χ2v) is 4.23. The molecule has 1 unspecified atom stereocenters. The summed E-state index contributed by atoms with van der Waals surface area (Å²) in [4.78, 5) is 11.4. The van der Waals surface area contributed by atoms with Crippen LogP contribution in [0.2, 0.25) is 5.02 Å². The van der Waals surface area contributed by atoms with E-state index in [4.69, 9.17) is 22.1 Å². The molecule has 17 heavy (non-hydrogen) atoms. The van der Waals surface area contributed by atoms with Crippen LogP contribution in [0, 0.1) is 6.92 Å². The van der Waals surface area contributed by atoms with Crippen molar-refractivity contribution in [3.8, 4) is 5.75 Å². The number of hydrogen-bond acceptors (Lipinski definition) is 4. The third kappa shape index (κ3) is 3.61. The minimum Gasteiger partial charge on any atom is -0.507 e. The van der Waals surface area contributed by atoms with Gasteiger partial charge in [-0.3, -0.25) is 4.79 Å². The van der Waals surface area contributed by atoms with Gasteiger partial charge in [0.25, 0.3) is 0 Å². The van der Waals surface area contributed by atoms with E-state index in [2.05, 4.69) is 0 Å². The van der Waals surface area contributed by atoms with Crippen molar-refractivity contribution in [1.29, 1.82) is 0 Å². The van der Waals surface area contributed by atoms with Gasteiger partial charge in [0.15, 0.2) is 0 Å². The van der Waals surface area contributed by atoms with E-state index in [1.165, 1.54) is 0 Å². The van der Waals surface area contributed by atoms with Crippen molar-refractivity contribution < 1.29 is 14.6 Å². The highest BCUT2D eigenvalue weighted by molar-refractivity contribution is 6.30. The second kappa shape index (κ2) is 5.89. The van der Waals surface area contributed by atoms with Crippen LogP contribution in [0.4, 0.5) is 0 Å². The first-order valence-electron chi connectivity index (χ1n) is 5.36. The Kier molecular flexibility index (Phi) is 4.78. The van der Waals surface area contributed by atoms with Crippen LogP contribution < -0.4 is 5.73 Å². The number of esters is 1. The third-order valence-corrected chi connectivity index (χ3v) is 2.59. The lowest BCUT2D eigenvalue weighted by molar-refractivity contribution is -0.144. The van der Waals surface area contributed by atoms with Gasteiger partial charge in [-0.05, 0) is 37.1 Å². The highest BCUT2D eigenvalue weighted by atomic mass is 35.5. The molecule has 0 amide bonds. The lowest BCUT2D eigenvalue weighted by atomic mass is 10.0. The molecule has 0 spiro atoms. The number of aryl methyl sites for hydroxylation is 1. The van der Waals surface area contributed by atoms with Gasteiger partial charge in [-0.1, -0.05) is 11.6 Å². The molecule has 94 valence electrons. The Bertz CT molecular complexity index is 420. The van der Waals surface area contributed by atoms with Gasteiger partial charge in [0.2, 0.25) is 0 Å². The number of ether oxygens (including phenoxy) is 1. The molecule has 5 heteroatoms. The SMILES string of the molecule is CCOC(=O)C(N)Cc1cc(Cl)cc(C)c1O. The zero-order chi connectivity index (χ0) is 13.0. The Hall–Kier alpha value is -1.26. The summed E-state index contributed by atoms with van der Waals surface area (Å²) in [7, 11) is 0. The summed E-state index contributed by atoms with van der Waals surface area (Å²) >= 11 is 5.88. The minimum atomic E-state index is -0.793. The lowest BCUT2D eigenvalue weighted by Crippen LogP contribution is -2.34. The fraction of sp³-hybridized carbons (Fsp3) is 0.417. The molecule has 0 fully saturated rings. The largest absolute Gasteiger partial charge is 0.507 e. The van der Waals surface area contributed by atoms with E-state index >= 15 is 0 Å². The molecule has 0 aliphatic carbocycles. The van der Waals surface area contributed by atoms with Crippen LogP contribution in [-0.2, 0) is 16.0 Å². The van der Waals surface area contributed by atoms with Crippen LogP contribution in [0.5, 0.6) is 5.75 Å². The molecule has 0 bridgehead atoms. The third-order valence-electron chi connectivity index (χ3n) is 2.37. The smallest absolute Gasteiger partial charge is 0.323 e. The van der Waals surface area contributed by atoms with E-state index < -0.39 is 12.0 Å². The average Bonchev–Trinajstić information content (AvgIpc) is 2.25. The number of phenols is 1.